The van der Waals surface area contributed by atoms with Crippen LogP contribution in [0.5, 0.6) is 0 Å². The Hall–Kier alpha value is -1.40. The van der Waals surface area contributed by atoms with E-state index in [1.165, 1.54) is 0 Å². The maximum absolute atomic E-state index is 11.4. The van der Waals surface area contributed by atoms with Crippen LogP contribution in [-0.4, -0.2) is 60.9 Å². The maximum Gasteiger partial charge on any atom is 0.331 e. The molecule has 1 atom stereocenters. The lowest BCUT2D eigenvalue weighted by Crippen LogP contribution is -2.38. The molecule has 0 bridgehead atoms. The summed E-state index contributed by atoms with van der Waals surface area (Å²) < 4.78 is 10.5. The molecule has 19 heavy (non-hydrogen) atoms. The van der Waals surface area contributed by atoms with Crippen molar-refractivity contribution >= 4 is 11.9 Å². The van der Waals surface area contributed by atoms with Crippen molar-refractivity contribution < 1.29 is 24.2 Å². The van der Waals surface area contributed by atoms with E-state index < -0.39 is 11.9 Å². The third-order valence-electron chi connectivity index (χ3n) is 2.97. The van der Waals surface area contributed by atoms with Gasteiger partial charge in [0.05, 0.1) is 13.2 Å². The number of morpholine rings is 1. The van der Waals surface area contributed by atoms with Gasteiger partial charge < -0.3 is 14.6 Å². The summed E-state index contributed by atoms with van der Waals surface area (Å²) in [4.78, 5) is 23.9. The van der Waals surface area contributed by atoms with E-state index in [1.54, 1.807) is 0 Å². The van der Waals surface area contributed by atoms with Crippen molar-refractivity contribution in [2.75, 3.05) is 32.8 Å². The first kappa shape index (κ1) is 15.7. The van der Waals surface area contributed by atoms with Gasteiger partial charge in [-0.05, 0) is 12.8 Å². The Labute approximate surface area is 113 Å². The van der Waals surface area contributed by atoms with Gasteiger partial charge in [0.25, 0.3) is 0 Å². The van der Waals surface area contributed by atoms with Crippen LogP contribution < -0.4 is 0 Å². The summed E-state index contributed by atoms with van der Waals surface area (Å²) in [7, 11) is 0. The van der Waals surface area contributed by atoms with E-state index in [1.807, 2.05) is 6.92 Å². The van der Waals surface area contributed by atoms with Gasteiger partial charge in [0.15, 0.2) is 0 Å². The van der Waals surface area contributed by atoms with Crippen LogP contribution in [0, 0.1) is 0 Å². The van der Waals surface area contributed by atoms with Gasteiger partial charge in [0.2, 0.25) is 0 Å². The molecule has 1 saturated heterocycles. The smallest absolute Gasteiger partial charge is 0.331 e. The Bertz CT molecular complexity index is 323. The number of carbonyl (C=O) groups is 2. The van der Waals surface area contributed by atoms with Gasteiger partial charge in [-0.3, -0.25) is 4.90 Å². The largest absolute Gasteiger partial charge is 0.478 e. The molecule has 0 aliphatic carbocycles. The molecule has 1 N–H and O–H groups in total. The minimum atomic E-state index is -1.15. The molecule has 0 spiro atoms. The molecule has 0 saturated carbocycles. The van der Waals surface area contributed by atoms with Crippen molar-refractivity contribution in [3.8, 4) is 0 Å². The summed E-state index contributed by atoms with van der Waals surface area (Å²) in [6, 6.07) is 0. The van der Waals surface area contributed by atoms with Crippen molar-refractivity contribution in [2.45, 2.75) is 25.9 Å². The first-order valence-electron chi connectivity index (χ1n) is 6.53. The lowest BCUT2D eigenvalue weighted by atomic mass is 10.2. The van der Waals surface area contributed by atoms with Crippen molar-refractivity contribution in [3.05, 3.63) is 12.2 Å². The molecule has 1 fully saturated rings. The van der Waals surface area contributed by atoms with Crippen LogP contribution >= 0.6 is 0 Å². The van der Waals surface area contributed by atoms with Gasteiger partial charge in [-0.15, -0.1) is 0 Å². The third-order valence-corrected chi connectivity index (χ3v) is 2.97. The van der Waals surface area contributed by atoms with Gasteiger partial charge in [-0.25, -0.2) is 9.59 Å². The minimum Gasteiger partial charge on any atom is -0.478 e. The minimum absolute atomic E-state index is 0.172. The number of hydrogen-bond donors (Lipinski definition) is 1. The predicted molar refractivity (Wildman–Crippen MR) is 68.8 cm³/mol. The molecule has 6 heteroatoms. The highest BCUT2D eigenvalue weighted by atomic mass is 16.5. The van der Waals surface area contributed by atoms with Crippen LogP contribution in [0.4, 0.5) is 0 Å². The second-order valence-corrected chi connectivity index (χ2v) is 4.38. The fourth-order valence-electron chi connectivity index (χ4n) is 1.84. The van der Waals surface area contributed by atoms with E-state index in [-0.39, 0.29) is 6.10 Å². The van der Waals surface area contributed by atoms with Gasteiger partial charge >= 0.3 is 11.9 Å². The van der Waals surface area contributed by atoms with Gasteiger partial charge in [-0.2, -0.15) is 0 Å². The van der Waals surface area contributed by atoms with Crippen LogP contribution in [0.15, 0.2) is 12.2 Å². The van der Waals surface area contributed by atoms with Crippen LogP contribution in [-0.2, 0) is 19.1 Å². The zero-order valence-electron chi connectivity index (χ0n) is 11.2. The highest BCUT2D eigenvalue weighted by Crippen LogP contribution is 2.07. The average molecular weight is 271 g/mol. The molecule has 1 aliphatic heterocycles. The number of carbonyl (C=O) groups excluding carboxylic acids is 1. The van der Waals surface area contributed by atoms with Crippen LogP contribution in [0.1, 0.15) is 19.8 Å². The Kier molecular flexibility index (Phi) is 7.14. The summed E-state index contributed by atoms with van der Waals surface area (Å²) in [5, 5.41) is 8.41. The summed E-state index contributed by atoms with van der Waals surface area (Å²) in [6.07, 6.45) is 3.03. The Morgan fingerprint density at radius 2 is 2.05 bits per heavy atom. The van der Waals surface area contributed by atoms with Gasteiger partial charge in [0, 0.05) is 31.8 Å². The summed E-state index contributed by atoms with van der Waals surface area (Å²) in [6.45, 7) is 6.11. The van der Waals surface area contributed by atoms with Crippen molar-refractivity contribution in [1.82, 2.24) is 4.90 Å². The molecular formula is C13H21NO5. The van der Waals surface area contributed by atoms with Gasteiger partial charge in [-0.1, -0.05) is 6.92 Å². The molecule has 1 rings (SSSR count). The normalized spacial score (nSPS) is 18.4. The molecule has 0 aromatic rings. The van der Waals surface area contributed by atoms with E-state index in [0.29, 0.717) is 0 Å². The standard InChI is InChI=1S/C13H21NO5/c1-2-11(19-13(17)4-3-12(15)16)5-6-14-7-9-18-10-8-14/h3-4,11H,2,5-10H2,1H3,(H,15,16)/b4-3+. The number of carboxylic acid groups (broad SMARTS) is 1. The second kappa shape index (κ2) is 8.66. The number of aliphatic carboxylic acids is 1. The lowest BCUT2D eigenvalue weighted by Gasteiger charge is -2.27. The van der Waals surface area contributed by atoms with E-state index in [2.05, 4.69) is 4.90 Å². The van der Waals surface area contributed by atoms with E-state index in [0.717, 1.165) is 57.8 Å². The molecule has 0 aromatic heterocycles. The summed E-state index contributed by atoms with van der Waals surface area (Å²) >= 11 is 0. The number of rotatable bonds is 7. The molecule has 108 valence electrons. The Morgan fingerprint density at radius 1 is 1.37 bits per heavy atom. The predicted octanol–water partition coefficient (Wildman–Crippen LogP) is 0.671. The fraction of sp³-hybridized carbons (Fsp3) is 0.692. The van der Waals surface area contributed by atoms with E-state index in [9.17, 15) is 9.59 Å². The van der Waals surface area contributed by atoms with Crippen molar-refractivity contribution in [1.29, 1.82) is 0 Å². The Balaban J connectivity index is 2.28. The third kappa shape index (κ3) is 6.93. The maximum atomic E-state index is 11.4. The number of esters is 1. The molecule has 1 heterocycles. The summed E-state index contributed by atoms with van der Waals surface area (Å²) in [5.74, 6) is -1.76. The second-order valence-electron chi connectivity index (χ2n) is 4.38. The lowest BCUT2D eigenvalue weighted by molar-refractivity contribution is -0.144. The van der Waals surface area contributed by atoms with Crippen LogP contribution in [0.3, 0.4) is 0 Å². The molecule has 0 radical (unpaired) electrons. The molecule has 1 unspecified atom stereocenters. The quantitative estimate of drug-likeness (QED) is 0.542. The van der Waals surface area contributed by atoms with Crippen LogP contribution in [0.25, 0.3) is 0 Å². The monoisotopic (exact) mass is 271 g/mol. The first-order chi connectivity index (χ1) is 9.11. The Morgan fingerprint density at radius 3 is 2.63 bits per heavy atom. The van der Waals surface area contributed by atoms with Crippen molar-refractivity contribution in [2.24, 2.45) is 0 Å². The van der Waals surface area contributed by atoms with Crippen molar-refractivity contribution in [3.63, 3.8) is 0 Å². The molecule has 1 aliphatic rings. The molecular weight excluding hydrogens is 250 g/mol. The van der Waals surface area contributed by atoms with E-state index in [4.69, 9.17) is 14.6 Å². The number of hydrogen-bond acceptors (Lipinski definition) is 5. The van der Waals surface area contributed by atoms with Crippen LogP contribution in [0.2, 0.25) is 0 Å². The molecule has 6 nitrogen and oxygen atoms in total. The zero-order chi connectivity index (χ0) is 14.1. The topological polar surface area (TPSA) is 76.1 Å². The van der Waals surface area contributed by atoms with Gasteiger partial charge in [0.1, 0.15) is 6.10 Å². The van der Waals surface area contributed by atoms with E-state index >= 15 is 0 Å². The molecule has 0 aromatic carbocycles. The number of ether oxygens (including phenoxy) is 2. The highest BCUT2D eigenvalue weighted by Gasteiger charge is 2.15. The zero-order valence-corrected chi connectivity index (χ0v) is 11.2. The average Bonchev–Trinajstić information content (AvgIpc) is 2.42. The number of carboxylic acids is 1. The fourth-order valence-corrected chi connectivity index (χ4v) is 1.84. The SMILES string of the molecule is CCC(CCN1CCOCC1)OC(=O)/C=C/C(=O)O. The highest BCUT2D eigenvalue weighted by molar-refractivity contribution is 5.90. The first-order valence-corrected chi connectivity index (χ1v) is 6.53. The summed E-state index contributed by atoms with van der Waals surface area (Å²) in [5.41, 5.74) is 0. The molecule has 0 amide bonds. The number of nitrogens with zero attached hydrogens (tertiary/aromatic N) is 1.